The Bertz CT molecular complexity index is 1130. The van der Waals surface area contributed by atoms with Gasteiger partial charge >= 0.3 is 0 Å². The van der Waals surface area contributed by atoms with Crippen molar-refractivity contribution in [3.8, 4) is 0 Å². The number of benzene rings is 1. The molecule has 202 valence electrons. The van der Waals surface area contributed by atoms with Crippen LogP contribution in [0.2, 0.25) is 0 Å². The molecule has 1 spiro atoms. The highest BCUT2D eigenvalue weighted by molar-refractivity contribution is 7.99. The molecule has 0 amide bonds. The molecule has 2 atom stereocenters. The van der Waals surface area contributed by atoms with Crippen molar-refractivity contribution in [2.24, 2.45) is 5.41 Å². The Morgan fingerprint density at radius 1 is 1.08 bits per heavy atom. The van der Waals surface area contributed by atoms with Gasteiger partial charge in [-0.3, -0.25) is 4.98 Å². The first-order valence-electron chi connectivity index (χ1n) is 14.1. The van der Waals surface area contributed by atoms with Crippen molar-refractivity contribution < 1.29 is 9.84 Å². The average molecular weight is 522 g/mol. The maximum absolute atomic E-state index is 11.4. The molecule has 0 saturated heterocycles. The predicted molar refractivity (Wildman–Crippen MR) is 158 cm³/mol. The Balaban J connectivity index is 0.000000586. The minimum Gasteiger partial charge on any atom is -0.388 e. The Hall–Kier alpha value is -1.62. The predicted octanol–water partition coefficient (Wildman–Crippen LogP) is 8.89. The zero-order valence-corrected chi connectivity index (χ0v) is 25.1. The standard InChI is InChI=1S/C29H37NO2.C4H10S/c1-17(2)19-9-11-20(12-10-19)27-24-25(29(32-27)13-7-8-14-29)23-21(30-26(24)18(3)4)15-28(5,6)16-22(23)31;1-4(2)5-3/h9-12,18,22,27,31H,1,7-8,13-16H2,2-6H3;4H,1-3H3. The van der Waals surface area contributed by atoms with Crippen molar-refractivity contribution in [2.45, 2.75) is 116 Å². The smallest absolute Gasteiger partial charge is 0.111 e. The summed E-state index contributed by atoms with van der Waals surface area (Å²) in [6, 6.07) is 8.68. The van der Waals surface area contributed by atoms with E-state index in [0.29, 0.717) is 5.92 Å². The molecule has 4 heteroatoms. The number of pyridine rings is 1. The Morgan fingerprint density at radius 3 is 2.19 bits per heavy atom. The van der Waals surface area contributed by atoms with Gasteiger partial charge in [-0.05, 0) is 72.1 Å². The molecule has 37 heavy (non-hydrogen) atoms. The number of nitrogens with zero attached hydrogens (tertiary/aromatic N) is 1. The first kappa shape index (κ1) is 28.4. The minimum absolute atomic E-state index is 0.0575. The van der Waals surface area contributed by atoms with Crippen molar-refractivity contribution >= 4 is 17.3 Å². The second-order valence-corrected chi connectivity index (χ2v) is 14.2. The molecule has 1 N–H and O–H groups in total. The van der Waals surface area contributed by atoms with Crippen LogP contribution in [0.4, 0.5) is 0 Å². The maximum atomic E-state index is 11.4. The van der Waals surface area contributed by atoms with Crippen LogP contribution >= 0.6 is 11.8 Å². The number of thioether (sulfide) groups is 1. The lowest BCUT2D eigenvalue weighted by molar-refractivity contribution is -0.0580. The number of aliphatic hydroxyl groups is 1. The normalized spacial score (nSPS) is 23.1. The van der Waals surface area contributed by atoms with Crippen LogP contribution < -0.4 is 0 Å². The Kier molecular flexibility index (Phi) is 8.34. The van der Waals surface area contributed by atoms with Gasteiger partial charge in [0.05, 0.1) is 11.7 Å². The first-order valence-corrected chi connectivity index (χ1v) is 15.4. The van der Waals surface area contributed by atoms with Gasteiger partial charge in [-0.15, -0.1) is 0 Å². The fraction of sp³-hybridized carbons (Fsp3) is 0.606. The number of allylic oxidation sites excluding steroid dienone is 1. The van der Waals surface area contributed by atoms with Crippen molar-refractivity contribution in [3.63, 3.8) is 0 Å². The van der Waals surface area contributed by atoms with Gasteiger partial charge in [-0.25, -0.2) is 0 Å². The van der Waals surface area contributed by atoms with Gasteiger partial charge in [-0.1, -0.05) is 90.8 Å². The monoisotopic (exact) mass is 521 g/mol. The lowest BCUT2D eigenvalue weighted by Crippen LogP contribution is -2.32. The maximum Gasteiger partial charge on any atom is 0.111 e. The number of aromatic nitrogens is 1. The minimum atomic E-state index is -0.471. The first-order chi connectivity index (χ1) is 17.4. The van der Waals surface area contributed by atoms with Gasteiger partial charge in [0.1, 0.15) is 6.10 Å². The third-order valence-electron chi connectivity index (χ3n) is 8.30. The molecule has 3 aliphatic rings. The van der Waals surface area contributed by atoms with Crippen molar-refractivity contribution in [3.05, 3.63) is 70.0 Å². The van der Waals surface area contributed by atoms with Crippen molar-refractivity contribution in [1.82, 2.24) is 4.98 Å². The van der Waals surface area contributed by atoms with E-state index in [0.717, 1.165) is 59.0 Å². The van der Waals surface area contributed by atoms with E-state index in [2.05, 4.69) is 78.6 Å². The van der Waals surface area contributed by atoms with Gasteiger partial charge in [0.2, 0.25) is 0 Å². The summed E-state index contributed by atoms with van der Waals surface area (Å²) in [4.78, 5) is 5.25. The van der Waals surface area contributed by atoms with Crippen LogP contribution in [0, 0.1) is 5.41 Å². The highest BCUT2D eigenvalue weighted by Crippen LogP contribution is 2.59. The summed E-state index contributed by atoms with van der Waals surface area (Å²) >= 11 is 1.88. The summed E-state index contributed by atoms with van der Waals surface area (Å²) in [5.74, 6) is 0.300. The van der Waals surface area contributed by atoms with Crippen LogP contribution in [-0.2, 0) is 16.8 Å². The number of ether oxygens (including phenoxy) is 1. The van der Waals surface area contributed by atoms with Gasteiger partial charge in [-0.2, -0.15) is 11.8 Å². The van der Waals surface area contributed by atoms with E-state index in [1.165, 1.54) is 29.5 Å². The summed E-state index contributed by atoms with van der Waals surface area (Å²) in [6.45, 7) is 19.5. The molecular weight excluding hydrogens is 474 g/mol. The number of hydrogen-bond donors (Lipinski definition) is 1. The molecule has 1 fully saturated rings. The fourth-order valence-electron chi connectivity index (χ4n) is 6.36. The van der Waals surface area contributed by atoms with Crippen LogP contribution in [-0.4, -0.2) is 21.6 Å². The van der Waals surface area contributed by atoms with E-state index in [9.17, 15) is 5.11 Å². The molecular formula is C33H47NO2S. The molecule has 5 rings (SSSR count). The van der Waals surface area contributed by atoms with E-state index in [4.69, 9.17) is 9.72 Å². The third kappa shape index (κ3) is 5.58. The number of aliphatic hydroxyl groups excluding tert-OH is 1. The van der Waals surface area contributed by atoms with Crippen LogP contribution in [0.15, 0.2) is 30.8 Å². The highest BCUT2D eigenvalue weighted by Gasteiger charge is 2.52. The summed E-state index contributed by atoms with van der Waals surface area (Å²) in [5.41, 5.74) is 9.05. The van der Waals surface area contributed by atoms with E-state index < -0.39 is 6.10 Å². The van der Waals surface area contributed by atoms with Crippen LogP contribution in [0.25, 0.3) is 5.57 Å². The van der Waals surface area contributed by atoms with Crippen LogP contribution in [0.5, 0.6) is 0 Å². The topological polar surface area (TPSA) is 42.4 Å². The molecule has 2 aliphatic carbocycles. The zero-order chi connectivity index (χ0) is 27.1. The summed E-state index contributed by atoms with van der Waals surface area (Å²) in [7, 11) is 0. The van der Waals surface area contributed by atoms with Gasteiger partial charge in [0, 0.05) is 22.5 Å². The zero-order valence-electron chi connectivity index (χ0n) is 24.3. The molecule has 1 aromatic carbocycles. The molecule has 1 aromatic heterocycles. The van der Waals surface area contributed by atoms with Crippen molar-refractivity contribution in [1.29, 1.82) is 0 Å². The van der Waals surface area contributed by atoms with Crippen LogP contribution in [0.1, 0.15) is 138 Å². The molecule has 2 unspecified atom stereocenters. The summed E-state index contributed by atoms with van der Waals surface area (Å²) in [6.07, 6.45) is 7.64. The molecule has 2 aromatic rings. The Labute approximate surface area is 229 Å². The molecule has 1 aliphatic heterocycles. The lowest BCUT2D eigenvalue weighted by atomic mass is 9.70. The lowest BCUT2D eigenvalue weighted by Gasteiger charge is -2.38. The van der Waals surface area contributed by atoms with E-state index in [1.807, 2.05) is 18.7 Å². The highest BCUT2D eigenvalue weighted by atomic mass is 32.2. The number of hydrogen-bond acceptors (Lipinski definition) is 4. The van der Waals surface area contributed by atoms with E-state index in [-0.39, 0.29) is 17.1 Å². The number of fused-ring (bicyclic) bond motifs is 4. The SMILES string of the molecule is C=C(C)c1ccc(C2OC3(CCCC3)c3c4c(nc(C(C)C)c32)CC(C)(C)CC4O)cc1.CSC(C)C. The fourth-order valence-corrected chi connectivity index (χ4v) is 6.36. The Morgan fingerprint density at radius 2 is 1.68 bits per heavy atom. The average Bonchev–Trinajstić information content (AvgIpc) is 3.43. The molecule has 0 radical (unpaired) electrons. The number of rotatable bonds is 4. The summed E-state index contributed by atoms with van der Waals surface area (Å²) in [5, 5.41) is 12.2. The molecule has 1 saturated carbocycles. The van der Waals surface area contributed by atoms with Gasteiger partial charge < -0.3 is 9.84 Å². The van der Waals surface area contributed by atoms with E-state index >= 15 is 0 Å². The molecule has 0 bridgehead atoms. The second-order valence-electron chi connectivity index (χ2n) is 12.7. The van der Waals surface area contributed by atoms with Crippen LogP contribution in [0.3, 0.4) is 0 Å². The van der Waals surface area contributed by atoms with Gasteiger partial charge in [0.15, 0.2) is 0 Å². The quantitative estimate of drug-likeness (QED) is 0.436. The summed E-state index contributed by atoms with van der Waals surface area (Å²) < 4.78 is 7.05. The molecule has 2 heterocycles. The largest absolute Gasteiger partial charge is 0.388 e. The van der Waals surface area contributed by atoms with E-state index in [1.54, 1.807) is 0 Å². The van der Waals surface area contributed by atoms with Crippen molar-refractivity contribution in [2.75, 3.05) is 6.26 Å². The molecule has 3 nitrogen and oxygen atoms in total. The third-order valence-corrected chi connectivity index (χ3v) is 9.25. The van der Waals surface area contributed by atoms with Gasteiger partial charge in [0.25, 0.3) is 0 Å². The second kappa shape index (κ2) is 10.9.